The minimum Gasteiger partial charge on any atom is -0.508 e. The molecule has 1 aromatic carbocycles. The number of phenolic OH excluding ortho intramolecular Hbond substituents is 1. The third kappa shape index (κ3) is 2.11. The van der Waals surface area contributed by atoms with Crippen molar-refractivity contribution < 1.29 is 19.4 Å². The van der Waals surface area contributed by atoms with E-state index in [9.17, 15) is 14.7 Å². The van der Waals surface area contributed by atoms with Crippen molar-refractivity contribution in [2.75, 3.05) is 7.11 Å². The van der Waals surface area contributed by atoms with Gasteiger partial charge in [-0.1, -0.05) is 0 Å². The summed E-state index contributed by atoms with van der Waals surface area (Å²) in [5.74, 6) is 0.965. The van der Waals surface area contributed by atoms with Crippen LogP contribution in [0.5, 0.6) is 5.75 Å². The Balaban J connectivity index is 1.81. The number of aromatic hydroxyl groups is 1. The maximum atomic E-state index is 11.9. The topological polar surface area (TPSA) is 63.6 Å². The monoisotopic (exact) mass is 314 g/mol. The minimum atomic E-state index is -0.388. The summed E-state index contributed by atoms with van der Waals surface area (Å²) in [7, 11) is 1.36. The van der Waals surface area contributed by atoms with Crippen LogP contribution in [-0.4, -0.2) is 24.5 Å². The smallest absolute Gasteiger partial charge is 0.337 e. The molecule has 4 aliphatic carbocycles. The van der Waals surface area contributed by atoms with E-state index in [0.717, 1.165) is 37.7 Å². The highest BCUT2D eigenvalue weighted by Gasteiger charge is 2.58. The Bertz CT molecular complexity index is 664. The molecule has 5 rings (SSSR count). The highest BCUT2D eigenvalue weighted by atomic mass is 16.5. The summed E-state index contributed by atoms with van der Waals surface area (Å²) in [6, 6.07) is 4.97. The fourth-order valence-corrected chi connectivity index (χ4v) is 5.99. The van der Waals surface area contributed by atoms with Gasteiger partial charge in [-0.05, 0) is 68.6 Å². The van der Waals surface area contributed by atoms with Crippen molar-refractivity contribution in [1.29, 1.82) is 0 Å². The molecule has 4 saturated carbocycles. The highest BCUT2D eigenvalue weighted by molar-refractivity contribution is 5.89. The predicted molar refractivity (Wildman–Crippen MR) is 84.3 cm³/mol. The van der Waals surface area contributed by atoms with Crippen molar-refractivity contribution in [3.05, 3.63) is 29.3 Å². The molecule has 0 amide bonds. The van der Waals surface area contributed by atoms with Crippen molar-refractivity contribution in [2.24, 2.45) is 17.3 Å². The van der Waals surface area contributed by atoms with Gasteiger partial charge in [-0.25, -0.2) is 4.79 Å². The Morgan fingerprint density at radius 3 is 2.57 bits per heavy atom. The highest BCUT2D eigenvalue weighted by Crippen LogP contribution is 2.65. The lowest BCUT2D eigenvalue weighted by Gasteiger charge is -2.60. The van der Waals surface area contributed by atoms with Crippen molar-refractivity contribution in [2.45, 2.75) is 43.9 Å². The fourth-order valence-electron chi connectivity index (χ4n) is 5.99. The van der Waals surface area contributed by atoms with Gasteiger partial charge in [0.25, 0.3) is 0 Å². The molecule has 0 heterocycles. The number of rotatable bonds is 3. The standard InChI is InChI=1S/C19H22O4/c1-23-17(22)14-2-3-16(21)15(5-14)19-8-12-4-13(9-19)7-18(6-12,10-19)11-20/h2-3,5,11-13,21H,4,6-10H2,1H3. The summed E-state index contributed by atoms with van der Waals surface area (Å²) in [5.41, 5.74) is 0.911. The zero-order chi connectivity index (χ0) is 16.2. The molecule has 122 valence electrons. The number of benzene rings is 1. The molecule has 1 aromatic rings. The van der Waals surface area contributed by atoms with Crippen molar-refractivity contribution >= 4 is 12.3 Å². The lowest BCUT2D eigenvalue weighted by Crippen LogP contribution is -2.54. The molecule has 4 heteroatoms. The van der Waals surface area contributed by atoms with Gasteiger partial charge in [0, 0.05) is 16.4 Å². The van der Waals surface area contributed by atoms with Gasteiger partial charge in [-0.3, -0.25) is 0 Å². The van der Waals surface area contributed by atoms with Crippen molar-refractivity contribution in [1.82, 2.24) is 0 Å². The van der Waals surface area contributed by atoms with E-state index in [1.165, 1.54) is 19.8 Å². The summed E-state index contributed by atoms with van der Waals surface area (Å²) in [4.78, 5) is 23.7. The third-order valence-electron chi connectivity index (χ3n) is 6.35. The van der Waals surface area contributed by atoms with Gasteiger partial charge in [-0.15, -0.1) is 0 Å². The number of aldehydes is 1. The molecule has 0 saturated heterocycles. The molecule has 4 nitrogen and oxygen atoms in total. The molecule has 2 atom stereocenters. The molecule has 0 spiro atoms. The maximum absolute atomic E-state index is 11.9. The minimum absolute atomic E-state index is 0.168. The van der Waals surface area contributed by atoms with E-state index >= 15 is 0 Å². The molecule has 0 aromatic heterocycles. The van der Waals surface area contributed by atoms with Crippen LogP contribution in [0.15, 0.2) is 18.2 Å². The first kappa shape index (κ1) is 14.7. The van der Waals surface area contributed by atoms with Crippen LogP contribution in [0.2, 0.25) is 0 Å². The van der Waals surface area contributed by atoms with E-state index in [1.807, 2.05) is 0 Å². The Hall–Kier alpha value is -1.84. The van der Waals surface area contributed by atoms with Gasteiger partial charge in [0.1, 0.15) is 12.0 Å². The number of carbonyl (C=O) groups excluding carboxylic acids is 2. The number of carbonyl (C=O) groups is 2. The van der Waals surface area contributed by atoms with E-state index in [0.29, 0.717) is 17.4 Å². The average molecular weight is 314 g/mol. The molecular weight excluding hydrogens is 292 g/mol. The van der Waals surface area contributed by atoms with Crippen LogP contribution in [0.25, 0.3) is 0 Å². The first-order valence-corrected chi connectivity index (χ1v) is 8.37. The summed E-state index contributed by atoms with van der Waals surface area (Å²) < 4.78 is 4.81. The van der Waals surface area contributed by atoms with Crippen LogP contribution in [0.1, 0.15) is 54.4 Å². The first-order chi connectivity index (χ1) is 11.0. The summed E-state index contributed by atoms with van der Waals surface area (Å²) in [5, 5.41) is 10.5. The molecule has 2 unspecified atom stereocenters. The normalized spacial score (nSPS) is 37.6. The molecule has 0 aliphatic heterocycles. The Kier molecular flexibility index (Phi) is 3.09. The predicted octanol–water partition coefficient (Wildman–Crippen LogP) is 3.22. The molecule has 4 bridgehead atoms. The zero-order valence-electron chi connectivity index (χ0n) is 13.4. The van der Waals surface area contributed by atoms with E-state index in [4.69, 9.17) is 4.74 Å². The number of hydrogen-bond acceptors (Lipinski definition) is 4. The van der Waals surface area contributed by atoms with Crippen LogP contribution >= 0.6 is 0 Å². The van der Waals surface area contributed by atoms with Gasteiger partial charge in [0.05, 0.1) is 12.7 Å². The molecule has 4 fully saturated rings. The third-order valence-corrected chi connectivity index (χ3v) is 6.35. The molecule has 23 heavy (non-hydrogen) atoms. The summed E-state index contributed by atoms with van der Waals surface area (Å²) in [6.07, 6.45) is 7.18. The van der Waals surface area contributed by atoms with Crippen LogP contribution in [-0.2, 0) is 14.9 Å². The second-order valence-electron chi connectivity index (χ2n) is 7.95. The van der Waals surface area contributed by atoms with Crippen LogP contribution < -0.4 is 0 Å². The summed E-state index contributed by atoms with van der Waals surface area (Å²) in [6.45, 7) is 0. The van der Waals surface area contributed by atoms with Crippen LogP contribution in [0.4, 0.5) is 0 Å². The molecule has 1 N–H and O–H groups in total. The average Bonchev–Trinajstić information content (AvgIpc) is 2.53. The molecule has 4 aliphatic rings. The van der Waals surface area contributed by atoms with E-state index in [-0.39, 0.29) is 22.5 Å². The SMILES string of the molecule is COC(=O)c1ccc(O)c(C23CC4CC(CC(C=O)(C4)C2)C3)c1. The number of ether oxygens (including phenoxy) is 1. The second kappa shape index (κ2) is 4.83. The second-order valence-corrected chi connectivity index (χ2v) is 7.95. The van der Waals surface area contributed by atoms with Gasteiger partial charge in [0.15, 0.2) is 0 Å². The molecule has 0 radical (unpaired) electrons. The molecular formula is C19H22O4. The van der Waals surface area contributed by atoms with Gasteiger partial charge >= 0.3 is 5.97 Å². The lowest BCUT2D eigenvalue weighted by molar-refractivity contribution is -0.133. The van der Waals surface area contributed by atoms with E-state index in [2.05, 4.69) is 0 Å². The Morgan fingerprint density at radius 1 is 1.26 bits per heavy atom. The zero-order valence-corrected chi connectivity index (χ0v) is 13.4. The maximum Gasteiger partial charge on any atom is 0.337 e. The van der Waals surface area contributed by atoms with Crippen LogP contribution in [0.3, 0.4) is 0 Å². The number of hydrogen-bond donors (Lipinski definition) is 1. The summed E-state index contributed by atoms with van der Waals surface area (Å²) >= 11 is 0. The van der Waals surface area contributed by atoms with Crippen molar-refractivity contribution in [3.8, 4) is 5.75 Å². The Morgan fingerprint density at radius 2 is 1.96 bits per heavy atom. The number of methoxy groups -OCH3 is 1. The van der Waals surface area contributed by atoms with Gasteiger partial charge in [-0.2, -0.15) is 0 Å². The quantitative estimate of drug-likeness (QED) is 0.687. The first-order valence-electron chi connectivity index (χ1n) is 8.37. The van der Waals surface area contributed by atoms with Gasteiger partial charge < -0.3 is 14.6 Å². The number of phenols is 1. The lowest BCUT2D eigenvalue weighted by atomic mass is 9.43. The largest absolute Gasteiger partial charge is 0.508 e. The number of esters is 1. The van der Waals surface area contributed by atoms with Crippen LogP contribution in [0, 0.1) is 17.3 Å². The fraction of sp³-hybridized carbons (Fsp3) is 0.579. The Labute approximate surface area is 135 Å². The van der Waals surface area contributed by atoms with Crippen molar-refractivity contribution in [3.63, 3.8) is 0 Å². The van der Waals surface area contributed by atoms with E-state index < -0.39 is 0 Å². The van der Waals surface area contributed by atoms with Gasteiger partial charge in [0.2, 0.25) is 0 Å². The van der Waals surface area contributed by atoms with E-state index in [1.54, 1.807) is 18.2 Å².